The Morgan fingerprint density at radius 2 is 1.72 bits per heavy atom. The Bertz CT molecular complexity index is 1600. The van der Waals surface area contributed by atoms with E-state index < -0.39 is 32.2 Å². The van der Waals surface area contributed by atoms with E-state index in [1.165, 1.54) is 23.8 Å². The molecule has 0 fully saturated rings. The topological polar surface area (TPSA) is 121 Å². The first-order chi connectivity index (χ1) is 18.6. The molecule has 204 valence electrons. The van der Waals surface area contributed by atoms with Crippen molar-refractivity contribution in [2.75, 3.05) is 13.7 Å². The van der Waals surface area contributed by atoms with Gasteiger partial charge in [0, 0.05) is 19.5 Å². The highest BCUT2D eigenvalue weighted by molar-refractivity contribution is 7.91. The molecule has 10 heteroatoms. The summed E-state index contributed by atoms with van der Waals surface area (Å²) in [6.07, 6.45) is 3.19. The molecule has 0 aliphatic rings. The Balaban J connectivity index is 1.88. The average molecular weight is 550 g/mol. The molecule has 4 aromatic rings. The summed E-state index contributed by atoms with van der Waals surface area (Å²) < 4.78 is 39.9. The lowest BCUT2D eigenvalue weighted by Crippen LogP contribution is -2.29. The summed E-state index contributed by atoms with van der Waals surface area (Å²) in [5.74, 6) is -0.642. The van der Waals surface area contributed by atoms with Crippen molar-refractivity contribution in [1.82, 2.24) is 14.5 Å². The van der Waals surface area contributed by atoms with Gasteiger partial charge in [-0.1, -0.05) is 42.5 Å². The zero-order chi connectivity index (χ0) is 28.2. The molecule has 0 aliphatic carbocycles. The zero-order valence-corrected chi connectivity index (χ0v) is 23.1. The number of benzene rings is 2. The third-order valence-corrected chi connectivity index (χ3v) is 8.05. The lowest BCUT2D eigenvalue weighted by molar-refractivity contribution is 0.0554. The molecule has 39 heavy (non-hydrogen) atoms. The number of hydrogen-bond donors (Lipinski definition) is 1. The molecular formula is C29H31N3O6S. The van der Waals surface area contributed by atoms with E-state index in [0.717, 1.165) is 22.3 Å². The molecular weight excluding hydrogens is 518 g/mol. The Morgan fingerprint density at radius 3 is 2.33 bits per heavy atom. The van der Waals surface area contributed by atoms with Gasteiger partial charge in [-0.05, 0) is 61.2 Å². The van der Waals surface area contributed by atoms with Gasteiger partial charge in [-0.3, -0.25) is 14.3 Å². The van der Waals surface area contributed by atoms with Crippen molar-refractivity contribution < 1.29 is 23.0 Å². The maximum absolute atomic E-state index is 13.8. The second kappa shape index (κ2) is 11.9. The summed E-state index contributed by atoms with van der Waals surface area (Å²) in [5, 5.41) is 11.5. The molecule has 1 atom stereocenters. The number of aromatic nitrogens is 3. The van der Waals surface area contributed by atoms with Gasteiger partial charge in [-0.15, -0.1) is 0 Å². The lowest BCUT2D eigenvalue weighted by atomic mass is 10.0. The number of ether oxygens (including phenoxy) is 2. The number of rotatable bonds is 10. The van der Waals surface area contributed by atoms with Gasteiger partial charge in [0.1, 0.15) is 12.4 Å². The molecule has 2 aromatic heterocycles. The predicted octanol–water partition coefficient (Wildman–Crippen LogP) is 4.31. The number of hydrogen-bond acceptors (Lipinski definition) is 8. The molecule has 0 saturated carbocycles. The summed E-state index contributed by atoms with van der Waals surface area (Å²) in [6.45, 7) is 5.52. The maximum Gasteiger partial charge on any atom is 0.296 e. The van der Waals surface area contributed by atoms with Crippen LogP contribution in [0.5, 0.6) is 5.88 Å². The fourth-order valence-electron chi connectivity index (χ4n) is 4.34. The molecule has 0 amide bonds. The van der Waals surface area contributed by atoms with Crippen LogP contribution in [-0.2, 0) is 25.9 Å². The molecule has 2 heterocycles. The zero-order valence-electron chi connectivity index (χ0n) is 22.2. The molecule has 2 aromatic carbocycles. The highest BCUT2D eigenvalue weighted by Gasteiger charge is 2.32. The van der Waals surface area contributed by atoms with Crippen LogP contribution in [0.1, 0.15) is 36.8 Å². The highest BCUT2D eigenvalue weighted by Crippen LogP contribution is 2.33. The van der Waals surface area contributed by atoms with Crippen molar-refractivity contribution in [3.05, 3.63) is 100 Å². The Labute approximate surface area is 227 Å². The SMILES string of the molecule is COC[C@@H](c1ccccc1)n1c(COC(C)C)nc(=O)c(S(=O)(=O)c2ccc(-c3ccncc3C)cc2)c1O. The highest BCUT2D eigenvalue weighted by atomic mass is 32.2. The minimum absolute atomic E-state index is 0.0796. The number of aromatic hydroxyl groups is 1. The summed E-state index contributed by atoms with van der Waals surface area (Å²) in [7, 11) is -2.95. The second-order valence-corrected chi connectivity index (χ2v) is 11.2. The molecule has 0 radical (unpaired) electrons. The third kappa shape index (κ3) is 5.93. The van der Waals surface area contributed by atoms with E-state index in [2.05, 4.69) is 9.97 Å². The van der Waals surface area contributed by atoms with Crippen LogP contribution in [0.4, 0.5) is 0 Å². The van der Waals surface area contributed by atoms with Gasteiger partial charge in [0.05, 0.1) is 23.6 Å². The monoisotopic (exact) mass is 549 g/mol. The van der Waals surface area contributed by atoms with Gasteiger partial charge in [0.25, 0.3) is 5.56 Å². The number of sulfone groups is 1. The van der Waals surface area contributed by atoms with E-state index in [-0.39, 0.29) is 30.0 Å². The van der Waals surface area contributed by atoms with Crippen LogP contribution in [0, 0.1) is 6.92 Å². The van der Waals surface area contributed by atoms with Crippen LogP contribution in [0.25, 0.3) is 11.1 Å². The summed E-state index contributed by atoms with van der Waals surface area (Å²) in [4.78, 5) is 20.4. The first-order valence-electron chi connectivity index (χ1n) is 12.4. The van der Waals surface area contributed by atoms with Gasteiger partial charge in [0.15, 0.2) is 4.90 Å². The van der Waals surface area contributed by atoms with E-state index in [4.69, 9.17) is 9.47 Å². The number of pyridine rings is 1. The second-order valence-electron chi connectivity index (χ2n) is 9.32. The van der Waals surface area contributed by atoms with Crippen molar-refractivity contribution in [2.45, 2.75) is 49.3 Å². The largest absolute Gasteiger partial charge is 0.493 e. The fraction of sp³-hybridized carbons (Fsp3) is 0.276. The van der Waals surface area contributed by atoms with Gasteiger partial charge >= 0.3 is 0 Å². The molecule has 0 unspecified atom stereocenters. The maximum atomic E-state index is 13.8. The molecule has 0 saturated heterocycles. The summed E-state index contributed by atoms with van der Waals surface area (Å²) in [6, 6.07) is 16.4. The predicted molar refractivity (Wildman–Crippen MR) is 146 cm³/mol. The molecule has 0 aliphatic heterocycles. The van der Waals surface area contributed by atoms with Gasteiger partial charge in [-0.2, -0.15) is 4.98 Å². The standard InChI is InChI=1S/C29H31N3O6S/c1-19(2)38-18-26-31-28(33)27(29(34)32(26)25(17-37-4)22-8-6-5-7-9-22)39(35,36)23-12-10-21(11-13-23)24-14-15-30-16-20(24)3/h5-16,19,25,34H,17-18H2,1-4H3/t25-/m0/s1. The van der Waals surface area contributed by atoms with Gasteiger partial charge < -0.3 is 14.6 Å². The fourth-order valence-corrected chi connectivity index (χ4v) is 5.68. The minimum Gasteiger partial charge on any atom is -0.493 e. The molecule has 0 spiro atoms. The van der Waals surface area contributed by atoms with Crippen LogP contribution in [0.3, 0.4) is 0 Å². The van der Waals surface area contributed by atoms with Crippen molar-refractivity contribution in [1.29, 1.82) is 0 Å². The smallest absolute Gasteiger partial charge is 0.296 e. The van der Waals surface area contributed by atoms with Crippen molar-refractivity contribution >= 4 is 9.84 Å². The minimum atomic E-state index is -4.45. The molecule has 9 nitrogen and oxygen atoms in total. The number of methoxy groups -OCH3 is 1. The van der Waals surface area contributed by atoms with Crippen LogP contribution in [0.15, 0.2) is 87.6 Å². The van der Waals surface area contributed by atoms with Gasteiger partial charge in [-0.25, -0.2) is 8.42 Å². The first kappa shape index (κ1) is 28.2. The quantitative estimate of drug-likeness (QED) is 0.311. The lowest BCUT2D eigenvalue weighted by Gasteiger charge is -2.25. The van der Waals surface area contributed by atoms with E-state index in [1.807, 2.05) is 57.2 Å². The van der Waals surface area contributed by atoms with Crippen molar-refractivity contribution in [3.63, 3.8) is 0 Å². The van der Waals surface area contributed by atoms with Crippen molar-refractivity contribution in [3.8, 4) is 17.0 Å². The molecule has 0 bridgehead atoms. The van der Waals surface area contributed by atoms with Crippen LogP contribution in [-0.4, -0.2) is 47.9 Å². The first-order valence-corrected chi connectivity index (χ1v) is 13.9. The summed E-state index contributed by atoms with van der Waals surface area (Å²) >= 11 is 0. The van der Waals surface area contributed by atoms with E-state index >= 15 is 0 Å². The number of aryl methyl sites for hydroxylation is 1. The van der Waals surface area contributed by atoms with Crippen molar-refractivity contribution in [2.24, 2.45) is 0 Å². The van der Waals surface area contributed by atoms with E-state index in [9.17, 15) is 18.3 Å². The normalized spacial score (nSPS) is 12.5. The number of nitrogens with zero attached hydrogens (tertiary/aromatic N) is 3. The Hall–Kier alpha value is -3.86. The molecule has 1 N–H and O–H groups in total. The summed E-state index contributed by atoms with van der Waals surface area (Å²) in [5.41, 5.74) is 2.29. The van der Waals surface area contributed by atoms with Crippen LogP contribution < -0.4 is 5.56 Å². The van der Waals surface area contributed by atoms with Gasteiger partial charge in [0.2, 0.25) is 15.7 Å². The van der Waals surface area contributed by atoms with E-state index in [1.54, 1.807) is 24.5 Å². The third-order valence-electron chi connectivity index (χ3n) is 6.27. The molecule has 4 rings (SSSR count). The van der Waals surface area contributed by atoms with Crippen LogP contribution >= 0.6 is 0 Å². The average Bonchev–Trinajstić information content (AvgIpc) is 2.91. The van der Waals surface area contributed by atoms with Crippen LogP contribution in [0.2, 0.25) is 0 Å². The Morgan fingerprint density at radius 1 is 1.03 bits per heavy atom. The van der Waals surface area contributed by atoms with E-state index in [0.29, 0.717) is 0 Å². The Kier molecular flexibility index (Phi) is 8.59.